The lowest BCUT2D eigenvalue weighted by Gasteiger charge is -2.37. The van der Waals surface area contributed by atoms with Crippen LogP contribution in [0.5, 0.6) is 0 Å². The summed E-state index contributed by atoms with van der Waals surface area (Å²) < 4.78 is 0. The Bertz CT molecular complexity index is 292. The molecule has 0 unspecified atom stereocenters. The van der Waals surface area contributed by atoms with Crippen LogP contribution in [0.25, 0.3) is 0 Å². The highest BCUT2D eigenvalue weighted by molar-refractivity contribution is 5.83. The molecule has 2 rings (SSSR count). The van der Waals surface area contributed by atoms with Crippen molar-refractivity contribution in [2.24, 2.45) is 17.1 Å². The topological polar surface area (TPSA) is 58.4 Å². The van der Waals surface area contributed by atoms with Gasteiger partial charge in [0.2, 0.25) is 5.91 Å². The van der Waals surface area contributed by atoms with Gasteiger partial charge in [-0.1, -0.05) is 6.92 Å². The summed E-state index contributed by atoms with van der Waals surface area (Å²) in [5.74, 6) is 0.943. The summed E-state index contributed by atoms with van der Waals surface area (Å²) in [7, 11) is 0. The Hall–Kier alpha value is -0.610. The molecule has 3 N–H and O–H groups in total. The van der Waals surface area contributed by atoms with Crippen LogP contribution in [0.4, 0.5) is 0 Å². The van der Waals surface area contributed by atoms with E-state index in [0.717, 1.165) is 44.7 Å². The number of nitrogens with one attached hydrogen (secondary N) is 1. The van der Waals surface area contributed by atoms with Crippen LogP contribution >= 0.6 is 0 Å². The predicted octanol–water partition coefficient (Wildman–Crippen LogP) is 1.35. The Balaban J connectivity index is 1.76. The largest absolute Gasteiger partial charge is 0.354 e. The summed E-state index contributed by atoms with van der Waals surface area (Å²) in [5, 5.41) is 3.13. The van der Waals surface area contributed by atoms with Gasteiger partial charge >= 0.3 is 0 Å². The third kappa shape index (κ3) is 3.69. The van der Waals surface area contributed by atoms with Crippen LogP contribution in [-0.2, 0) is 4.79 Å². The lowest BCUT2D eigenvalue weighted by atomic mass is 9.70. The first-order valence-corrected chi connectivity index (χ1v) is 7.87. The molecule has 110 valence electrons. The number of hydrogen-bond donors (Lipinski definition) is 2. The van der Waals surface area contributed by atoms with E-state index in [1.807, 2.05) is 0 Å². The Morgan fingerprint density at radius 2 is 1.95 bits per heavy atom. The van der Waals surface area contributed by atoms with Gasteiger partial charge in [-0.15, -0.1) is 0 Å². The van der Waals surface area contributed by atoms with Crippen LogP contribution in [-0.4, -0.2) is 43.5 Å². The molecule has 1 aliphatic carbocycles. The Morgan fingerprint density at radius 3 is 2.53 bits per heavy atom. The number of amides is 1. The molecule has 19 heavy (non-hydrogen) atoms. The summed E-state index contributed by atoms with van der Waals surface area (Å²) in [5.41, 5.74) is 5.63. The van der Waals surface area contributed by atoms with Crippen molar-refractivity contribution < 1.29 is 4.79 Å². The summed E-state index contributed by atoms with van der Waals surface area (Å²) >= 11 is 0. The fraction of sp³-hybridized carbons (Fsp3) is 0.933. The fourth-order valence-electron chi connectivity index (χ4n) is 3.36. The number of nitrogens with zero attached hydrogens (tertiary/aromatic N) is 1. The summed E-state index contributed by atoms with van der Waals surface area (Å²) in [6.07, 6.45) is 6.80. The van der Waals surface area contributed by atoms with E-state index < -0.39 is 0 Å². The molecule has 4 nitrogen and oxygen atoms in total. The van der Waals surface area contributed by atoms with Crippen molar-refractivity contribution in [3.05, 3.63) is 0 Å². The summed E-state index contributed by atoms with van der Waals surface area (Å²) in [6, 6.07) is 0. The van der Waals surface area contributed by atoms with Gasteiger partial charge < -0.3 is 16.0 Å². The van der Waals surface area contributed by atoms with Crippen molar-refractivity contribution in [1.82, 2.24) is 10.2 Å². The molecular formula is C15H29N3O. The summed E-state index contributed by atoms with van der Waals surface area (Å²) in [4.78, 5) is 14.9. The number of nitrogens with two attached hydrogens (primary N) is 1. The molecule has 4 heteroatoms. The van der Waals surface area contributed by atoms with Crippen molar-refractivity contribution in [3.8, 4) is 0 Å². The van der Waals surface area contributed by atoms with Gasteiger partial charge in [0.1, 0.15) is 0 Å². The molecule has 0 aromatic rings. The lowest BCUT2D eigenvalue weighted by Crippen LogP contribution is -2.49. The monoisotopic (exact) mass is 267 g/mol. The number of rotatable bonds is 5. The van der Waals surface area contributed by atoms with Crippen molar-refractivity contribution in [3.63, 3.8) is 0 Å². The average Bonchev–Trinajstić information content (AvgIpc) is 2.93. The zero-order valence-electron chi connectivity index (χ0n) is 12.3. The second kappa shape index (κ2) is 6.71. The minimum atomic E-state index is -0.280. The second-order valence-electron chi connectivity index (χ2n) is 6.47. The molecule has 2 aliphatic rings. The van der Waals surface area contributed by atoms with E-state index in [9.17, 15) is 4.79 Å². The van der Waals surface area contributed by atoms with Gasteiger partial charge in [0.05, 0.1) is 5.41 Å². The van der Waals surface area contributed by atoms with Gasteiger partial charge in [0.15, 0.2) is 0 Å². The number of carbonyl (C=O) groups is 1. The predicted molar refractivity (Wildman–Crippen MR) is 77.8 cm³/mol. The van der Waals surface area contributed by atoms with Gasteiger partial charge in [0.25, 0.3) is 0 Å². The molecule has 2 fully saturated rings. The quantitative estimate of drug-likeness (QED) is 0.790. The van der Waals surface area contributed by atoms with Gasteiger partial charge in [0, 0.05) is 19.6 Å². The molecule has 0 radical (unpaired) electrons. The lowest BCUT2D eigenvalue weighted by molar-refractivity contribution is -0.132. The highest BCUT2D eigenvalue weighted by atomic mass is 16.2. The smallest absolute Gasteiger partial charge is 0.227 e. The zero-order chi connectivity index (χ0) is 13.7. The molecular weight excluding hydrogens is 238 g/mol. The normalized spacial score (nSPS) is 32.4. The molecule has 0 aromatic carbocycles. The van der Waals surface area contributed by atoms with Gasteiger partial charge in [-0.25, -0.2) is 0 Å². The maximum atomic E-state index is 12.4. The first-order valence-electron chi connectivity index (χ1n) is 7.87. The van der Waals surface area contributed by atoms with Crippen molar-refractivity contribution >= 4 is 5.91 Å². The third-order valence-electron chi connectivity index (χ3n) is 5.02. The first-order chi connectivity index (χ1) is 9.16. The molecule has 1 heterocycles. The van der Waals surface area contributed by atoms with Crippen LogP contribution in [0.1, 0.15) is 45.4 Å². The van der Waals surface area contributed by atoms with Crippen molar-refractivity contribution in [2.75, 3.05) is 32.7 Å². The standard InChI is InChI=1S/C15H29N3O/c1-13-4-6-15(12-16,7-5-13)14(19)17-8-11-18-9-2-3-10-18/h13H,2-12,16H2,1H3,(H,17,19). The van der Waals surface area contributed by atoms with Crippen LogP contribution < -0.4 is 11.1 Å². The highest BCUT2D eigenvalue weighted by Gasteiger charge is 2.39. The summed E-state index contributed by atoms with van der Waals surface area (Å²) in [6.45, 7) is 6.91. The molecule has 1 amide bonds. The van der Waals surface area contributed by atoms with Gasteiger partial charge in [-0.3, -0.25) is 4.79 Å². The third-order valence-corrected chi connectivity index (χ3v) is 5.02. The van der Waals surface area contributed by atoms with Gasteiger partial charge in [-0.2, -0.15) is 0 Å². The zero-order valence-corrected chi connectivity index (χ0v) is 12.3. The number of likely N-dealkylation sites (tertiary alicyclic amines) is 1. The minimum Gasteiger partial charge on any atom is -0.354 e. The van der Waals surface area contributed by atoms with Crippen LogP contribution in [0.15, 0.2) is 0 Å². The van der Waals surface area contributed by atoms with E-state index in [-0.39, 0.29) is 11.3 Å². The molecule has 1 saturated heterocycles. The minimum absolute atomic E-state index is 0.195. The van der Waals surface area contributed by atoms with E-state index >= 15 is 0 Å². The number of hydrogen-bond acceptors (Lipinski definition) is 3. The molecule has 0 atom stereocenters. The Morgan fingerprint density at radius 1 is 1.32 bits per heavy atom. The van der Waals surface area contributed by atoms with Crippen LogP contribution in [0.2, 0.25) is 0 Å². The molecule has 0 spiro atoms. The molecule has 0 bridgehead atoms. The van der Waals surface area contributed by atoms with E-state index in [4.69, 9.17) is 5.73 Å². The fourth-order valence-corrected chi connectivity index (χ4v) is 3.36. The van der Waals surface area contributed by atoms with Gasteiger partial charge in [-0.05, 0) is 57.5 Å². The SMILES string of the molecule is CC1CCC(CN)(C(=O)NCCN2CCCC2)CC1. The van der Waals surface area contributed by atoms with E-state index in [0.29, 0.717) is 6.54 Å². The van der Waals surface area contributed by atoms with Crippen molar-refractivity contribution in [2.45, 2.75) is 45.4 Å². The van der Waals surface area contributed by atoms with E-state index in [1.165, 1.54) is 25.9 Å². The molecule has 1 saturated carbocycles. The highest BCUT2D eigenvalue weighted by Crippen LogP contribution is 2.38. The Labute approximate surface area is 117 Å². The average molecular weight is 267 g/mol. The van der Waals surface area contributed by atoms with E-state index in [2.05, 4.69) is 17.1 Å². The van der Waals surface area contributed by atoms with Crippen LogP contribution in [0.3, 0.4) is 0 Å². The second-order valence-corrected chi connectivity index (χ2v) is 6.47. The number of carbonyl (C=O) groups excluding carboxylic acids is 1. The molecule has 1 aliphatic heterocycles. The van der Waals surface area contributed by atoms with Crippen LogP contribution in [0, 0.1) is 11.3 Å². The molecule has 0 aromatic heterocycles. The maximum Gasteiger partial charge on any atom is 0.227 e. The van der Waals surface area contributed by atoms with E-state index in [1.54, 1.807) is 0 Å². The van der Waals surface area contributed by atoms with Crippen molar-refractivity contribution in [1.29, 1.82) is 0 Å². The first kappa shape index (κ1) is 14.8. The maximum absolute atomic E-state index is 12.4. The Kier molecular flexibility index (Phi) is 5.22.